The molecule has 0 saturated carbocycles. The molecule has 1 aromatic carbocycles. The Kier molecular flexibility index (Phi) is 13.3. The summed E-state index contributed by atoms with van der Waals surface area (Å²) in [6.45, 7) is 17.4. The molecule has 0 amide bonds. The van der Waals surface area contributed by atoms with E-state index < -0.39 is 0 Å². The fourth-order valence-electron chi connectivity index (χ4n) is 3.47. The number of allylic oxidation sites excluding steroid dienone is 10. The molecule has 1 heteroatoms. The van der Waals surface area contributed by atoms with Crippen molar-refractivity contribution in [3.63, 3.8) is 0 Å². The van der Waals surface area contributed by atoms with Crippen LogP contribution >= 0.6 is 0 Å². The Hall–Kier alpha value is -2.38. The van der Waals surface area contributed by atoms with Crippen molar-refractivity contribution in [2.45, 2.75) is 65.7 Å². The largest absolute Gasteiger partial charge is 0.330 e. The van der Waals surface area contributed by atoms with Gasteiger partial charge in [-0.05, 0) is 79.7 Å². The van der Waals surface area contributed by atoms with Crippen molar-refractivity contribution in [1.29, 1.82) is 0 Å². The van der Waals surface area contributed by atoms with Gasteiger partial charge in [-0.25, -0.2) is 0 Å². The Bertz CT molecular complexity index is 801. The standard InChI is InChI=1S/C30H43N/c1-7-15-27(19-13-16-25(6)24(4)5)28-20-14-21-29(22-28)30(23-31)18-12-10-11-17-26(8-2)9-3/h7-8,10-11,14-15,17,19-22,24,30H,2,6,9,12-13,16,18,23,31H2,1,3-5H3/b11-10-,15-7-,26-17+,27-19+. The van der Waals surface area contributed by atoms with Crippen molar-refractivity contribution in [2.75, 3.05) is 6.54 Å². The van der Waals surface area contributed by atoms with Crippen molar-refractivity contribution in [1.82, 2.24) is 0 Å². The first-order valence-corrected chi connectivity index (χ1v) is 11.8. The zero-order valence-corrected chi connectivity index (χ0v) is 20.2. The minimum Gasteiger partial charge on any atom is -0.330 e. The number of benzene rings is 1. The lowest BCUT2D eigenvalue weighted by molar-refractivity contribution is 0.642. The van der Waals surface area contributed by atoms with Gasteiger partial charge in [-0.15, -0.1) is 0 Å². The highest BCUT2D eigenvalue weighted by molar-refractivity contribution is 5.74. The van der Waals surface area contributed by atoms with Gasteiger partial charge in [0.05, 0.1) is 0 Å². The van der Waals surface area contributed by atoms with E-state index in [2.05, 4.69) is 102 Å². The second kappa shape index (κ2) is 15.4. The average Bonchev–Trinajstić information content (AvgIpc) is 2.78. The molecule has 0 radical (unpaired) electrons. The van der Waals surface area contributed by atoms with Crippen LogP contribution in [0.15, 0.2) is 91.1 Å². The molecule has 1 atom stereocenters. The van der Waals surface area contributed by atoms with Crippen LogP contribution in [-0.4, -0.2) is 6.54 Å². The molecule has 168 valence electrons. The third kappa shape index (κ3) is 9.98. The fraction of sp³-hybridized carbons (Fsp3) is 0.400. The van der Waals surface area contributed by atoms with E-state index in [1.54, 1.807) is 0 Å². The third-order valence-electron chi connectivity index (χ3n) is 5.77. The first-order valence-electron chi connectivity index (χ1n) is 11.8. The summed E-state index contributed by atoms with van der Waals surface area (Å²) in [6.07, 6.45) is 20.2. The number of nitrogens with two attached hydrogens (primary N) is 1. The van der Waals surface area contributed by atoms with Crippen LogP contribution in [-0.2, 0) is 0 Å². The van der Waals surface area contributed by atoms with E-state index >= 15 is 0 Å². The molecule has 0 aliphatic heterocycles. The molecule has 0 spiro atoms. The summed E-state index contributed by atoms with van der Waals surface area (Å²) >= 11 is 0. The van der Waals surface area contributed by atoms with E-state index in [4.69, 9.17) is 5.73 Å². The quantitative estimate of drug-likeness (QED) is 0.238. The van der Waals surface area contributed by atoms with Crippen LogP contribution in [0, 0.1) is 5.92 Å². The second-order valence-corrected chi connectivity index (χ2v) is 8.37. The van der Waals surface area contributed by atoms with Crippen molar-refractivity contribution in [3.8, 4) is 0 Å². The van der Waals surface area contributed by atoms with Gasteiger partial charge in [0.1, 0.15) is 0 Å². The van der Waals surface area contributed by atoms with Crippen LogP contribution in [0.4, 0.5) is 0 Å². The maximum absolute atomic E-state index is 6.15. The Morgan fingerprint density at radius 3 is 2.58 bits per heavy atom. The average molecular weight is 418 g/mol. The lowest BCUT2D eigenvalue weighted by Gasteiger charge is -2.16. The Balaban J connectivity index is 2.89. The smallest absolute Gasteiger partial charge is 0.000812 e. The predicted octanol–water partition coefficient (Wildman–Crippen LogP) is 8.54. The highest BCUT2D eigenvalue weighted by atomic mass is 14.5. The van der Waals surface area contributed by atoms with Crippen molar-refractivity contribution in [2.24, 2.45) is 11.7 Å². The number of hydrogen-bond acceptors (Lipinski definition) is 1. The molecule has 2 N–H and O–H groups in total. The van der Waals surface area contributed by atoms with Crippen molar-refractivity contribution < 1.29 is 0 Å². The van der Waals surface area contributed by atoms with Crippen LogP contribution < -0.4 is 5.73 Å². The molecule has 1 rings (SSSR count). The van der Waals surface area contributed by atoms with Gasteiger partial charge in [0, 0.05) is 0 Å². The van der Waals surface area contributed by atoms with E-state index in [0.717, 1.165) is 32.1 Å². The minimum atomic E-state index is 0.367. The van der Waals surface area contributed by atoms with Crippen LogP contribution in [0.2, 0.25) is 0 Å². The van der Waals surface area contributed by atoms with Gasteiger partial charge in [-0.1, -0.05) is 106 Å². The molecule has 0 aromatic heterocycles. The second-order valence-electron chi connectivity index (χ2n) is 8.37. The Morgan fingerprint density at radius 1 is 1.19 bits per heavy atom. The van der Waals surface area contributed by atoms with Crippen LogP contribution in [0.1, 0.15) is 76.8 Å². The molecular weight excluding hydrogens is 374 g/mol. The van der Waals surface area contributed by atoms with E-state index in [0.29, 0.717) is 18.4 Å². The predicted molar refractivity (Wildman–Crippen MR) is 141 cm³/mol. The number of rotatable bonds is 14. The summed E-state index contributed by atoms with van der Waals surface area (Å²) < 4.78 is 0. The van der Waals surface area contributed by atoms with Gasteiger partial charge in [-0.3, -0.25) is 0 Å². The lowest BCUT2D eigenvalue weighted by Crippen LogP contribution is -2.12. The maximum atomic E-state index is 6.15. The molecule has 31 heavy (non-hydrogen) atoms. The SMILES string of the molecule is C=C/C(=C\C=C/CCC(CN)c1cccc(C(/C=C\C)=C/CCC(=C)C(C)C)c1)CC. The van der Waals surface area contributed by atoms with Gasteiger partial charge in [0.15, 0.2) is 0 Å². The number of hydrogen-bond donors (Lipinski definition) is 1. The minimum absolute atomic E-state index is 0.367. The molecule has 1 nitrogen and oxygen atoms in total. The Labute approximate surface area is 191 Å². The van der Waals surface area contributed by atoms with Crippen molar-refractivity contribution in [3.05, 3.63) is 102 Å². The first-order chi connectivity index (χ1) is 15.0. The molecule has 1 aromatic rings. The lowest BCUT2D eigenvalue weighted by atomic mass is 9.91. The monoisotopic (exact) mass is 417 g/mol. The molecule has 0 fully saturated rings. The van der Waals surface area contributed by atoms with Gasteiger partial charge >= 0.3 is 0 Å². The normalized spacial score (nSPS) is 14.0. The van der Waals surface area contributed by atoms with Crippen molar-refractivity contribution >= 4 is 5.57 Å². The molecule has 0 aliphatic rings. The third-order valence-corrected chi connectivity index (χ3v) is 5.77. The van der Waals surface area contributed by atoms with Gasteiger partial charge in [-0.2, -0.15) is 0 Å². The fourth-order valence-corrected chi connectivity index (χ4v) is 3.47. The molecule has 0 aliphatic carbocycles. The zero-order valence-electron chi connectivity index (χ0n) is 20.2. The zero-order chi connectivity index (χ0) is 23.1. The van der Waals surface area contributed by atoms with E-state index in [-0.39, 0.29) is 0 Å². The van der Waals surface area contributed by atoms with Gasteiger partial charge in [0.25, 0.3) is 0 Å². The highest BCUT2D eigenvalue weighted by Gasteiger charge is 2.10. The van der Waals surface area contributed by atoms with E-state index in [9.17, 15) is 0 Å². The molecular formula is C30H43N. The van der Waals surface area contributed by atoms with Crippen LogP contribution in [0.25, 0.3) is 5.57 Å². The van der Waals surface area contributed by atoms with Gasteiger partial charge < -0.3 is 5.73 Å². The first kappa shape index (κ1) is 26.7. The van der Waals surface area contributed by atoms with E-state index in [1.165, 1.54) is 27.8 Å². The topological polar surface area (TPSA) is 26.0 Å². The molecule has 0 saturated heterocycles. The summed E-state index contributed by atoms with van der Waals surface area (Å²) in [7, 11) is 0. The Morgan fingerprint density at radius 2 is 1.97 bits per heavy atom. The molecule has 1 unspecified atom stereocenters. The summed E-state index contributed by atoms with van der Waals surface area (Å²) in [5.41, 5.74) is 12.6. The maximum Gasteiger partial charge on any atom is -0.000812 e. The van der Waals surface area contributed by atoms with E-state index in [1.807, 2.05) is 6.08 Å². The molecule has 0 heterocycles. The van der Waals surface area contributed by atoms with Gasteiger partial charge in [0.2, 0.25) is 0 Å². The molecule has 0 bridgehead atoms. The highest BCUT2D eigenvalue weighted by Crippen LogP contribution is 2.26. The summed E-state index contributed by atoms with van der Waals surface area (Å²) in [4.78, 5) is 0. The summed E-state index contributed by atoms with van der Waals surface area (Å²) in [5.74, 6) is 0.910. The summed E-state index contributed by atoms with van der Waals surface area (Å²) in [5, 5.41) is 0. The van der Waals surface area contributed by atoms with Crippen LogP contribution in [0.3, 0.4) is 0 Å². The summed E-state index contributed by atoms with van der Waals surface area (Å²) in [6, 6.07) is 8.89. The van der Waals surface area contributed by atoms with Crippen LogP contribution in [0.5, 0.6) is 0 Å².